The van der Waals surface area contributed by atoms with Crippen molar-refractivity contribution in [2.75, 3.05) is 5.73 Å². The van der Waals surface area contributed by atoms with Crippen LogP contribution >= 0.6 is 0 Å². The molecule has 0 radical (unpaired) electrons. The summed E-state index contributed by atoms with van der Waals surface area (Å²) >= 11 is 0. The number of nitrogen functional groups attached to an aromatic ring is 1. The lowest BCUT2D eigenvalue weighted by atomic mass is 9.86. The molecular weight excluding hydrogens is 232 g/mol. The fraction of sp³-hybridized carbons (Fsp3) is 0.294. The van der Waals surface area contributed by atoms with Gasteiger partial charge in [-0.15, -0.1) is 0 Å². The minimum Gasteiger partial charge on any atom is -0.399 e. The number of hydrogen-bond acceptors (Lipinski definition) is 2. The number of anilines is 1. The Morgan fingerprint density at radius 3 is 2.05 bits per heavy atom. The molecule has 0 amide bonds. The number of nitrogens with two attached hydrogens (primary N) is 2. The van der Waals surface area contributed by atoms with E-state index in [1.54, 1.807) is 0 Å². The van der Waals surface area contributed by atoms with Crippen LogP contribution in [0.5, 0.6) is 0 Å². The van der Waals surface area contributed by atoms with Crippen LogP contribution in [0.3, 0.4) is 0 Å². The maximum atomic E-state index is 6.29. The quantitative estimate of drug-likeness (QED) is 0.804. The highest BCUT2D eigenvalue weighted by molar-refractivity contribution is 5.44. The summed E-state index contributed by atoms with van der Waals surface area (Å²) in [6.45, 7) is 6.62. The second-order valence-corrected chi connectivity index (χ2v) is 6.02. The van der Waals surface area contributed by atoms with Gasteiger partial charge in [0.05, 0.1) is 6.04 Å². The molecule has 2 aromatic rings. The van der Waals surface area contributed by atoms with E-state index < -0.39 is 0 Å². The monoisotopic (exact) mass is 254 g/mol. The van der Waals surface area contributed by atoms with E-state index in [1.807, 2.05) is 24.3 Å². The lowest BCUT2D eigenvalue weighted by Crippen LogP contribution is -2.14. The van der Waals surface area contributed by atoms with Crippen molar-refractivity contribution in [3.63, 3.8) is 0 Å². The van der Waals surface area contributed by atoms with Crippen LogP contribution in [-0.2, 0) is 5.41 Å². The van der Waals surface area contributed by atoms with E-state index in [1.165, 1.54) is 5.56 Å². The van der Waals surface area contributed by atoms with Crippen LogP contribution in [0, 0.1) is 0 Å². The molecule has 1 unspecified atom stereocenters. The first-order valence-corrected chi connectivity index (χ1v) is 6.59. The molecule has 2 heteroatoms. The largest absolute Gasteiger partial charge is 0.399 e. The molecule has 0 aliphatic heterocycles. The molecule has 0 aliphatic rings. The maximum absolute atomic E-state index is 6.29. The Morgan fingerprint density at radius 2 is 1.53 bits per heavy atom. The molecule has 0 spiro atoms. The van der Waals surface area contributed by atoms with Gasteiger partial charge in [0.15, 0.2) is 0 Å². The summed E-state index contributed by atoms with van der Waals surface area (Å²) in [6.07, 6.45) is 0. The van der Waals surface area contributed by atoms with Gasteiger partial charge >= 0.3 is 0 Å². The minimum absolute atomic E-state index is 0.127. The van der Waals surface area contributed by atoms with Gasteiger partial charge in [-0.1, -0.05) is 57.2 Å². The van der Waals surface area contributed by atoms with E-state index in [-0.39, 0.29) is 11.5 Å². The van der Waals surface area contributed by atoms with Gasteiger partial charge in [-0.25, -0.2) is 0 Å². The first-order chi connectivity index (χ1) is 8.88. The molecule has 4 N–H and O–H groups in total. The van der Waals surface area contributed by atoms with Crippen molar-refractivity contribution in [3.8, 4) is 0 Å². The van der Waals surface area contributed by atoms with Crippen molar-refractivity contribution in [1.82, 2.24) is 0 Å². The number of hydrogen-bond donors (Lipinski definition) is 2. The Bertz CT molecular complexity index is 550. The van der Waals surface area contributed by atoms with Crippen molar-refractivity contribution < 1.29 is 0 Å². The molecule has 0 heterocycles. The normalized spacial score (nSPS) is 13.3. The highest BCUT2D eigenvalue weighted by Gasteiger charge is 2.14. The van der Waals surface area contributed by atoms with Gasteiger partial charge in [-0.05, 0) is 34.2 Å². The molecule has 2 aromatic carbocycles. The summed E-state index contributed by atoms with van der Waals surface area (Å²) in [5, 5.41) is 0. The first kappa shape index (κ1) is 13.6. The summed E-state index contributed by atoms with van der Waals surface area (Å²) in [5.41, 5.74) is 16.5. The molecule has 19 heavy (non-hydrogen) atoms. The van der Waals surface area contributed by atoms with Crippen LogP contribution < -0.4 is 11.5 Å². The molecule has 0 saturated heterocycles. The summed E-state index contributed by atoms with van der Waals surface area (Å²) < 4.78 is 0. The van der Waals surface area contributed by atoms with Crippen molar-refractivity contribution in [2.45, 2.75) is 32.2 Å². The fourth-order valence-corrected chi connectivity index (χ4v) is 2.14. The van der Waals surface area contributed by atoms with Gasteiger partial charge in [0.25, 0.3) is 0 Å². The van der Waals surface area contributed by atoms with Gasteiger partial charge in [-0.2, -0.15) is 0 Å². The molecule has 0 aromatic heterocycles. The van der Waals surface area contributed by atoms with Gasteiger partial charge in [-0.3, -0.25) is 0 Å². The highest BCUT2D eigenvalue weighted by Crippen LogP contribution is 2.26. The molecule has 2 nitrogen and oxygen atoms in total. The van der Waals surface area contributed by atoms with Gasteiger partial charge < -0.3 is 11.5 Å². The highest BCUT2D eigenvalue weighted by atomic mass is 14.6. The van der Waals surface area contributed by atoms with Gasteiger partial charge in [0.1, 0.15) is 0 Å². The smallest absolute Gasteiger partial charge is 0.0552 e. The molecular formula is C17H22N2. The van der Waals surface area contributed by atoms with Gasteiger partial charge in [0.2, 0.25) is 0 Å². The average Bonchev–Trinajstić information content (AvgIpc) is 2.37. The lowest BCUT2D eigenvalue weighted by molar-refractivity contribution is 0.589. The van der Waals surface area contributed by atoms with Crippen molar-refractivity contribution in [2.24, 2.45) is 5.73 Å². The molecule has 1 atom stereocenters. The van der Waals surface area contributed by atoms with Crippen LogP contribution in [0.4, 0.5) is 5.69 Å². The third-order valence-corrected chi connectivity index (χ3v) is 3.41. The Kier molecular flexibility index (Phi) is 3.63. The maximum Gasteiger partial charge on any atom is 0.0552 e. The minimum atomic E-state index is -0.127. The van der Waals surface area contributed by atoms with E-state index in [2.05, 4.69) is 45.0 Å². The second kappa shape index (κ2) is 5.06. The predicted octanol–water partition coefficient (Wildman–Crippen LogP) is 3.61. The zero-order valence-electron chi connectivity index (χ0n) is 11.9. The van der Waals surface area contributed by atoms with Crippen molar-refractivity contribution in [1.29, 1.82) is 0 Å². The number of rotatable bonds is 2. The topological polar surface area (TPSA) is 52.0 Å². The Morgan fingerprint density at radius 1 is 0.895 bits per heavy atom. The van der Waals surface area contributed by atoms with Crippen LogP contribution in [0.1, 0.15) is 43.5 Å². The molecule has 0 saturated carbocycles. The first-order valence-electron chi connectivity index (χ1n) is 6.59. The van der Waals surface area contributed by atoms with E-state index in [9.17, 15) is 0 Å². The predicted molar refractivity (Wildman–Crippen MR) is 82.0 cm³/mol. The number of benzene rings is 2. The molecule has 2 rings (SSSR count). The zero-order chi connectivity index (χ0) is 14.0. The zero-order valence-corrected chi connectivity index (χ0v) is 11.9. The van der Waals surface area contributed by atoms with Crippen LogP contribution in [-0.4, -0.2) is 0 Å². The Balaban J connectivity index is 2.27. The molecule has 0 fully saturated rings. The van der Waals surface area contributed by atoms with Crippen molar-refractivity contribution in [3.05, 3.63) is 65.2 Å². The standard InChI is InChI=1S/C17H22N2/c1-17(2,3)14-9-7-12(8-10-14)16(19)13-5-4-6-15(18)11-13/h4-11,16H,18-19H2,1-3H3. The van der Waals surface area contributed by atoms with E-state index in [4.69, 9.17) is 11.5 Å². The third kappa shape index (κ3) is 3.15. The van der Waals surface area contributed by atoms with Gasteiger partial charge in [0, 0.05) is 5.69 Å². The van der Waals surface area contributed by atoms with E-state index in [0.29, 0.717) is 0 Å². The van der Waals surface area contributed by atoms with Crippen LogP contribution in [0.25, 0.3) is 0 Å². The van der Waals surface area contributed by atoms with Crippen LogP contribution in [0.15, 0.2) is 48.5 Å². The average molecular weight is 254 g/mol. The third-order valence-electron chi connectivity index (χ3n) is 3.41. The van der Waals surface area contributed by atoms with Crippen LogP contribution in [0.2, 0.25) is 0 Å². The SMILES string of the molecule is CC(C)(C)c1ccc(C(N)c2cccc(N)c2)cc1. The Hall–Kier alpha value is -1.80. The summed E-state index contributed by atoms with van der Waals surface area (Å²) in [6, 6.07) is 16.2. The summed E-state index contributed by atoms with van der Waals surface area (Å²) in [4.78, 5) is 0. The molecule has 100 valence electrons. The van der Waals surface area contributed by atoms with E-state index in [0.717, 1.165) is 16.8 Å². The van der Waals surface area contributed by atoms with E-state index >= 15 is 0 Å². The fourth-order valence-electron chi connectivity index (χ4n) is 2.14. The Labute approximate surface area is 115 Å². The lowest BCUT2D eigenvalue weighted by Gasteiger charge is -2.20. The molecule has 0 bridgehead atoms. The summed E-state index contributed by atoms with van der Waals surface area (Å²) in [5.74, 6) is 0. The second-order valence-electron chi connectivity index (χ2n) is 6.02. The molecule has 0 aliphatic carbocycles. The van der Waals surface area contributed by atoms with Crippen molar-refractivity contribution >= 4 is 5.69 Å². The summed E-state index contributed by atoms with van der Waals surface area (Å²) in [7, 11) is 0.